The van der Waals surface area contributed by atoms with Crippen LogP contribution in [0.15, 0.2) is 36.4 Å². The van der Waals surface area contributed by atoms with Crippen LogP contribution in [0, 0.1) is 0 Å². The molecule has 1 heterocycles. The summed E-state index contributed by atoms with van der Waals surface area (Å²) in [7, 11) is 0. The van der Waals surface area contributed by atoms with Crippen molar-refractivity contribution in [2.75, 3.05) is 6.61 Å². The molecule has 1 aliphatic heterocycles. The van der Waals surface area contributed by atoms with Gasteiger partial charge in [-0.3, -0.25) is 4.79 Å². The molecule has 17 heavy (non-hydrogen) atoms. The Morgan fingerprint density at radius 2 is 1.82 bits per heavy atom. The van der Waals surface area contributed by atoms with E-state index >= 15 is 0 Å². The second kappa shape index (κ2) is 3.93. The molecule has 2 aromatic rings. The molecule has 0 N–H and O–H groups in total. The molecular formula is C13H9ClO3. The molecule has 4 heteroatoms. The number of carbonyl (C=O) groups excluding carboxylic acids is 1. The summed E-state index contributed by atoms with van der Waals surface area (Å²) in [6, 6.07) is 11.6. The number of hydrogen-bond acceptors (Lipinski definition) is 3. The van der Waals surface area contributed by atoms with Crippen molar-refractivity contribution in [2.45, 2.75) is 6.10 Å². The standard InChI is InChI=1S/C13H9ClO3/c14-13(15)12-7-16-10-5-8-3-1-2-4-9(8)6-11(10)17-12/h1-6,12H,7H2/t12-/m0/s1. The third-order valence-electron chi connectivity index (χ3n) is 2.72. The molecule has 0 saturated carbocycles. The van der Waals surface area contributed by atoms with Gasteiger partial charge in [-0.2, -0.15) is 0 Å². The number of rotatable bonds is 1. The van der Waals surface area contributed by atoms with Crippen LogP contribution in [-0.4, -0.2) is 18.0 Å². The Kier molecular flexibility index (Phi) is 2.41. The van der Waals surface area contributed by atoms with Crippen LogP contribution in [0.2, 0.25) is 0 Å². The summed E-state index contributed by atoms with van der Waals surface area (Å²) >= 11 is 5.40. The average Bonchev–Trinajstić information content (AvgIpc) is 2.35. The minimum atomic E-state index is -0.717. The lowest BCUT2D eigenvalue weighted by Crippen LogP contribution is -2.33. The Balaban J connectivity index is 2.07. The van der Waals surface area contributed by atoms with Crippen molar-refractivity contribution in [1.29, 1.82) is 0 Å². The molecule has 0 amide bonds. The van der Waals surface area contributed by atoms with Gasteiger partial charge in [-0.15, -0.1) is 0 Å². The Morgan fingerprint density at radius 1 is 1.18 bits per heavy atom. The molecule has 0 unspecified atom stereocenters. The van der Waals surface area contributed by atoms with E-state index in [1.165, 1.54) is 0 Å². The van der Waals surface area contributed by atoms with E-state index < -0.39 is 11.3 Å². The molecule has 0 spiro atoms. The lowest BCUT2D eigenvalue weighted by atomic mass is 10.1. The largest absolute Gasteiger partial charge is 0.485 e. The third-order valence-corrected chi connectivity index (χ3v) is 2.97. The van der Waals surface area contributed by atoms with Gasteiger partial charge in [-0.1, -0.05) is 24.3 Å². The zero-order valence-electron chi connectivity index (χ0n) is 8.85. The van der Waals surface area contributed by atoms with Crippen molar-refractivity contribution in [3.8, 4) is 11.5 Å². The van der Waals surface area contributed by atoms with Gasteiger partial charge in [0.1, 0.15) is 6.61 Å². The highest BCUT2D eigenvalue weighted by Crippen LogP contribution is 2.36. The van der Waals surface area contributed by atoms with Crippen molar-refractivity contribution in [3.63, 3.8) is 0 Å². The first-order chi connectivity index (χ1) is 8.24. The predicted molar refractivity (Wildman–Crippen MR) is 64.7 cm³/mol. The molecular weight excluding hydrogens is 240 g/mol. The normalized spacial score (nSPS) is 18.1. The van der Waals surface area contributed by atoms with Crippen molar-refractivity contribution in [3.05, 3.63) is 36.4 Å². The summed E-state index contributed by atoms with van der Waals surface area (Å²) in [5, 5.41) is 1.58. The maximum Gasteiger partial charge on any atom is 0.265 e. The van der Waals surface area contributed by atoms with Crippen LogP contribution in [0.1, 0.15) is 0 Å². The minimum Gasteiger partial charge on any atom is -0.485 e. The number of fused-ring (bicyclic) bond motifs is 2. The molecule has 0 aromatic heterocycles. The first kappa shape index (κ1) is 10.4. The Labute approximate surface area is 103 Å². The van der Waals surface area contributed by atoms with E-state index in [0.717, 1.165) is 10.8 Å². The fraction of sp³-hybridized carbons (Fsp3) is 0.154. The molecule has 0 bridgehead atoms. The van der Waals surface area contributed by atoms with Crippen LogP contribution >= 0.6 is 11.6 Å². The highest BCUT2D eigenvalue weighted by Gasteiger charge is 2.26. The SMILES string of the molecule is O=C(Cl)[C@@H]1COc2cc3ccccc3cc2O1. The maximum atomic E-state index is 11.0. The molecule has 1 atom stereocenters. The maximum absolute atomic E-state index is 11.0. The first-order valence-corrected chi connectivity index (χ1v) is 5.63. The van der Waals surface area contributed by atoms with Gasteiger partial charge in [0.2, 0.25) is 6.10 Å². The van der Waals surface area contributed by atoms with Gasteiger partial charge >= 0.3 is 0 Å². The van der Waals surface area contributed by atoms with Gasteiger partial charge in [-0.05, 0) is 34.5 Å². The fourth-order valence-electron chi connectivity index (χ4n) is 1.87. The molecule has 86 valence electrons. The predicted octanol–water partition coefficient (Wildman–Crippen LogP) is 2.75. The van der Waals surface area contributed by atoms with Crippen LogP contribution in [-0.2, 0) is 4.79 Å². The average molecular weight is 249 g/mol. The number of ether oxygens (including phenoxy) is 2. The molecule has 2 aromatic carbocycles. The molecule has 0 fully saturated rings. The van der Waals surface area contributed by atoms with Crippen LogP contribution in [0.4, 0.5) is 0 Å². The second-order valence-electron chi connectivity index (χ2n) is 3.87. The Hall–Kier alpha value is -1.74. The molecule has 3 rings (SSSR count). The van der Waals surface area contributed by atoms with Crippen molar-refractivity contribution < 1.29 is 14.3 Å². The number of hydrogen-bond donors (Lipinski definition) is 0. The fourth-order valence-corrected chi connectivity index (χ4v) is 1.98. The highest BCUT2D eigenvalue weighted by atomic mass is 35.5. The van der Waals surface area contributed by atoms with Crippen LogP contribution < -0.4 is 9.47 Å². The topological polar surface area (TPSA) is 35.5 Å². The lowest BCUT2D eigenvalue weighted by molar-refractivity contribution is -0.120. The van der Waals surface area contributed by atoms with E-state index in [2.05, 4.69) is 0 Å². The quantitative estimate of drug-likeness (QED) is 0.728. The number of halogens is 1. The van der Waals surface area contributed by atoms with Gasteiger partial charge in [0, 0.05) is 0 Å². The van der Waals surface area contributed by atoms with Crippen LogP contribution in [0.3, 0.4) is 0 Å². The monoisotopic (exact) mass is 248 g/mol. The van der Waals surface area contributed by atoms with Gasteiger partial charge in [0.25, 0.3) is 5.24 Å². The van der Waals surface area contributed by atoms with E-state index in [0.29, 0.717) is 11.5 Å². The van der Waals surface area contributed by atoms with Gasteiger partial charge in [0.15, 0.2) is 11.5 Å². The molecule has 0 saturated heterocycles. The number of benzene rings is 2. The molecule has 3 nitrogen and oxygen atoms in total. The van der Waals surface area contributed by atoms with E-state index in [4.69, 9.17) is 21.1 Å². The zero-order chi connectivity index (χ0) is 11.8. The summed E-state index contributed by atoms with van der Waals surface area (Å²) in [6.07, 6.45) is -0.717. The summed E-state index contributed by atoms with van der Waals surface area (Å²) in [5.41, 5.74) is 0. The summed E-state index contributed by atoms with van der Waals surface area (Å²) in [5.74, 6) is 1.21. The van der Waals surface area contributed by atoms with E-state index in [1.807, 2.05) is 36.4 Å². The van der Waals surface area contributed by atoms with Crippen LogP contribution in [0.25, 0.3) is 10.8 Å². The molecule has 1 aliphatic rings. The van der Waals surface area contributed by atoms with Crippen molar-refractivity contribution in [1.82, 2.24) is 0 Å². The third kappa shape index (κ3) is 1.83. The van der Waals surface area contributed by atoms with Crippen molar-refractivity contribution >= 4 is 27.6 Å². The zero-order valence-corrected chi connectivity index (χ0v) is 9.61. The van der Waals surface area contributed by atoms with Gasteiger partial charge in [0.05, 0.1) is 0 Å². The van der Waals surface area contributed by atoms with Gasteiger partial charge in [-0.25, -0.2) is 0 Å². The van der Waals surface area contributed by atoms with Crippen molar-refractivity contribution in [2.24, 2.45) is 0 Å². The minimum absolute atomic E-state index is 0.160. The van der Waals surface area contributed by atoms with E-state index in [9.17, 15) is 4.79 Å². The summed E-state index contributed by atoms with van der Waals surface area (Å²) in [4.78, 5) is 11.0. The molecule has 0 aliphatic carbocycles. The first-order valence-electron chi connectivity index (χ1n) is 5.25. The van der Waals surface area contributed by atoms with Crippen LogP contribution in [0.5, 0.6) is 11.5 Å². The Morgan fingerprint density at radius 3 is 2.47 bits per heavy atom. The summed E-state index contributed by atoms with van der Waals surface area (Å²) in [6.45, 7) is 0.160. The second-order valence-corrected chi connectivity index (χ2v) is 4.24. The smallest absolute Gasteiger partial charge is 0.265 e. The molecule has 0 radical (unpaired) electrons. The van der Waals surface area contributed by atoms with Gasteiger partial charge < -0.3 is 9.47 Å². The Bertz CT molecular complexity index is 594. The van der Waals surface area contributed by atoms with E-state index in [-0.39, 0.29) is 6.61 Å². The summed E-state index contributed by atoms with van der Waals surface area (Å²) < 4.78 is 11.0. The number of carbonyl (C=O) groups is 1. The van der Waals surface area contributed by atoms with E-state index in [1.54, 1.807) is 0 Å². The highest BCUT2D eigenvalue weighted by molar-refractivity contribution is 6.64. The lowest BCUT2D eigenvalue weighted by Gasteiger charge is -2.24.